The van der Waals surface area contributed by atoms with Crippen LogP contribution in [0.25, 0.3) is 0 Å². The molecular weight excluding hydrogens is 417 g/mol. The molecule has 0 unspecified atom stereocenters. The van der Waals surface area contributed by atoms with Gasteiger partial charge in [-0.15, -0.1) is 0 Å². The first-order chi connectivity index (χ1) is 13.3. The van der Waals surface area contributed by atoms with Crippen molar-refractivity contribution in [2.24, 2.45) is 0 Å². The zero-order valence-electron chi connectivity index (χ0n) is 14.9. The molecule has 7 heteroatoms. The molecule has 4 nitrogen and oxygen atoms in total. The number of hydrogen-bond donors (Lipinski definition) is 1. The summed E-state index contributed by atoms with van der Waals surface area (Å²) in [5.74, 6) is -0.385. The van der Waals surface area contributed by atoms with Crippen LogP contribution >= 0.6 is 23.2 Å². The fourth-order valence-corrected chi connectivity index (χ4v) is 4.13. The number of carbonyl (C=O) groups is 1. The summed E-state index contributed by atoms with van der Waals surface area (Å²) in [6.45, 7) is 1.99. The highest BCUT2D eigenvalue weighted by Crippen LogP contribution is 2.27. The predicted octanol–water partition coefficient (Wildman–Crippen LogP) is 5.59. The van der Waals surface area contributed by atoms with Crippen LogP contribution in [0.4, 0.5) is 5.69 Å². The van der Waals surface area contributed by atoms with Crippen LogP contribution in [0.15, 0.2) is 71.6 Å². The molecule has 0 aromatic heterocycles. The van der Waals surface area contributed by atoms with E-state index in [9.17, 15) is 13.2 Å². The van der Waals surface area contributed by atoms with E-state index < -0.39 is 10.0 Å². The zero-order chi connectivity index (χ0) is 20.3. The molecule has 144 valence electrons. The van der Waals surface area contributed by atoms with Gasteiger partial charge in [-0.3, -0.25) is 9.52 Å². The molecule has 3 rings (SSSR count). The van der Waals surface area contributed by atoms with Crippen LogP contribution in [-0.4, -0.2) is 14.2 Å². The van der Waals surface area contributed by atoms with Crippen molar-refractivity contribution in [2.45, 2.75) is 18.2 Å². The maximum absolute atomic E-state index is 12.9. The summed E-state index contributed by atoms with van der Waals surface area (Å²) in [4.78, 5) is 13.0. The van der Waals surface area contributed by atoms with E-state index in [0.717, 1.165) is 12.0 Å². The maximum Gasteiger partial charge on any atom is 0.261 e. The lowest BCUT2D eigenvalue weighted by molar-refractivity contribution is 0.103. The molecule has 0 spiro atoms. The van der Waals surface area contributed by atoms with Crippen LogP contribution in [0.1, 0.15) is 28.4 Å². The van der Waals surface area contributed by atoms with E-state index >= 15 is 0 Å². The average Bonchev–Trinajstić information content (AvgIpc) is 2.68. The monoisotopic (exact) mass is 433 g/mol. The lowest BCUT2D eigenvalue weighted by Crippen LogP contribution is -2.16. The van der Waals surface area contributed by atoms with Gasteiger partial charge in [0.2, 0.25) is 0 Å². The Bertz CT molecular complexity index is 1130. The summed E-state index contributed by atoms with van der Waals surface area (Å²) in [6, 6.07) is 17.5. The Labute approximate surface area is 174 Å². The summed E-state index contributed by atoms with van der Waals surface area (Å²) in [5.41, 5.74) is 1.65. The van der Waals surface area contributed by atoms with Crippen LogP contribution < -0.4 is 4.72 Å². The second-order valence-corrected chi connectivity index (χ2v) is 8.69. The van der Waals surface area contributed by atoms with E-state index in [1.807, 2.05) is 6.92 Å². The number of ketones is 1. The molecule has 0 saturated heterocycles. The third-order valence-corrected chi connectivity index (χ3v) is 6.05. The number of anilines is 1. The summed E-state index contributed by atoms with van der Waals surface area (Å²) >= 11 is 12.0. The molecule has 0 amide bonds. The largest absolute Gasteiger partial charge is 0.289 e. The number of aryl methyl sites for hydroxylation is 1. The van der Waals surface area contributed by atoms with Gasteiger partial charge in [0, 0.05) is 21.2 Å². The van der Waals surface area contributed by atoms with Gasteiger partial charge in [-0.25, -0.2) is 8.42 Å². The Morgan fingerprint density at radius 2 is 1.61 bits per heavy atom. The molecule has 0 fully saturated rings. The molecule has 0 bridgehead atoms. The van der Waals surface area contributed by atoms with Gasteiger partial charge < -0.3 is 0 Å². The third kappa shape index (κ3) is 4.55. The molecule has 0 aliphatic carbocycles. The van der Waals surface area contributed by atoms with Gasteiger partial charge >= 0.3 is 0 Å². The van der Waals surface area contributed by atoms with Crippen LogP contribution in [0, 0.1) is 0 Å². The minimum atomic E-state index is -3.87. The highest BCUT2D eigenvalue weighted by atomic mass is 35.5. The molecule has 0 aliphatic rings. The van der Waals surface area contributed by atoms with Crippen LogP contribution in [-0.2, 0) is 16.4 Å². The fourth-order valence-electron chi connectivity index (χ4n) is 2.69. The molecule has 0 aliphatic heterocycles. The van der Waals surface area contributed by atoms with Crippen molar-refractivity contribution in [1.29, 1.82) is 0 Å². The van der Waals surface area contributed by atoms with Gasteiger partial charge in [-0.2, -0.15) is 0 Å². The standard InChI is InChI=1S/C21H17Cl2NO3S/c1-2-14-6-9-18(10-7-14)28(26,27)24-20-11-8-17(23)13-19(20)21(25)15-4-3-5-16(22)12-15/h3-13,24H,2H2,1H3. The molecule has 0 radical (unpaired) electrons. The molecule has 3 aromatic rings. The van der Waals surface area contributed by atoms with E-state index in [-0.39, 0.29) is 21.9 Å². The van der Waals surface area contributed by atoms with Gasteiger partial charge in [-0.05, 0) is 54.4 Å². The second kappa shape index (κ2) is 8.35. The fraction of sp³-hybridized carbons (Fsp3) is 0.0952. The van der Waals surface area contributed by atoms with E-state index in [4.69, 9.17) is 23.2 Å². The normalized spacial score (nSPS) is 11.2. The van der Waals surface area contributed by atoms with Gasteiger partial charge in [0.05, 0.1) is 10.6 Å². The van der Waals surface area contributed by atoms with Crippen LogP contribution in [0.3, 0.4) is 0 Å². The van der Waals surface area contributed by atoms with Crippen molar-refractivity contribution in [3.63, 3.8) is 0 Å². The first-order valence-electron chi connectivity index (χ1n) is 8.52. The molecule has 0 saturated carbocycles. The topological polar surface area (TPSA) is 63.2 Å². The molecule has 3 aromatic carbocycles. The van der Waals surface area contributed by atoms with Gasteiger partial charge in [0.1, 0.15) is 0 Å². The van der Waals surface area contributed by atoms with Crippen molar-refractivity contribution in [3.05, 3.63) is 93.5 Å². The van der Waals surface area contributed by atoms with Crippen LogP contribution in [0.2, 0.25) is 10.0 Å². The van der Waals surface area contributed by atoms with E-state index in [2.05, 4.69) is 4.72 Å². The highest BCUT2D eigenvalue weighted by Gasteiger charge is 2.20. The van der Waals surface area contributed by atoms with Gasteiger partial charge in [0.15, 0.2) is 5.78 Å². The Morgan fingerprint density at radius 3 is 2.25 bits per heavy atom. The highest BCUT2D eigenvalue weighted by molar-refractivity contribution is 7.92. The maximum atomic E-state index is 12.9. The molecule has 28 heavy (non-hydrogen) atoms. The van der Waals surface area contributed by atoms with Crippen molar-refractivity contribution < 1.29 is 13.2 Å². The summed E-state index contributed by atoms with van der Waals surface area (Å²) in [5, 5.41) is 0.728. The number of halogens is 2. The summed E-state index contributed by atoms with van der Waals surface area (Å²) in [6.07, 6.45) is 0.809. The minimum Gasteiger partial charge on any atom is -0.289 e. The molecule has 0 heterocycles. The second-order valence-electron chi connectivity index (χ2n) is 6.13. The van der Waals surface area contributed by atoms with Crippen molar-refractivity contribution in [2.75, 3.05) is 4.72 Å². The lowest BCUT2D eigenvalue weighted by Gasteiger charge is -2.13. The first-order valence-corrected chi connectivity index (χ1v) is 10.8. The van der Waals surface area contributed by atoms with E-state index in [0.29, 0.717) is 15.6 Å². The predicted molar refractivity (Wildman–Crippen MR) is 113 cm³/mol. The van der Waals surface area contributed by atoms with Crippen molar-refractivity contribution in [3.8, 4) is 0 Å². The molecule has 1 N–H and O–H groups in total. The number of carbonyl (C=O) groups excluding carboxylic acids is 1. The third-order valence-electron chi connectivity index (χ3n) is 4.20. The SMILES string of the molecule is CCc1ccc(S(=O)(=O)Nc2ccc(Cl)cc2C(=O)c2cccc(Cl)c2)cc1. The minimum absolute atomic E-state index is 0.112. The number of nitrogens with one attached hydrogen (secondary N) is 1. The van der Waals surface area contributed by atoms with Crippen molar-refractivity contribution >= 4 is 44.7 Å². The number of rotatable bonds is 6. The number of sulfonamides is 1. The Kier molecular flexibility index (Phi) is 6.08. The molecular formula is C21H17Cl2NO3S. The lowest BCUT2D eigenvalue weighted by atomic mass is 10.0. The Morgan fingerprint density at radius 1 is 0.929 bits per heavy atom. The van der Waals surface area contributed by atoms with Gasteiger partial charge in [0.25, 0.3) is 10.0 Å². The quantitative estimate of drug-likeness (QED) is 0.515. The summed E-state index contributed by atoms with van der Waals surface area (Å²) in [7, 11) is -3.87. The average molecular weight is 434 g/mol. The molecule has 0 atom stereocenters. The van der Waals surface area contributed by atoms with Crippen LogP contribution in [0.5, 0.6) is 0 Å². The van der Waals surface area contributed by atoms with E-state index in [1.54, 1.807) is 30.3 Å². The number of hydrogen-bond acceptors (Lipinski definition) is 3. The van der Waals surface area contributed by atoms with Gasteiger partial charge in [-0.1, -0.05) is 54.4 Å². The number of benzene rings is 3. The Balaban J connectivity index is 1.99. The van der Waals surface area contributed by atoms with Crippen molar-refractivity contribution in [1.82, 2.24) is 0 Å². The van der Waals surface area contributed by atoms with E-state index in [1.165, 1.54) is 36.4 Å². The zero-order valence-corrected chi connectivity index (χ0v) is 17.3. The smallest absolute Gasteiger partial charge is 0.261 e. The summed E-state index contributed by atoms with van der Waals surface area (Å²) < 4.78 is 28.0. The Hall–Kier alpha value is -2.34. The first kappa shape index (κ1) is 20.4.